The molecule has 3 rings (SSSR count). The number of aromatic nitrogens is 2. The fraction of sp³-hybridized carbons (Fsp3) is 0.722. The van der Waals surface area contributed by atoms with Crippen molar-refractivity contribution in [2.75, 3.05) is 25.0 Å². The molecule has 1 amide bonds. The zero-order valence-corrected chi connectivity index (χ0v) is 14.8. The number of nitrogens with zero attached hydrogens (tertiary/aromatic N) is 4. The summed E-state index contributed by atoms with van der Waals surface area (Å²) in [6.45, 7) is 8.31. The number of likely N-dealkylation sites (tertiary alicyclic amines) is 1. The van der Waals surface area contributed by atoms with Crippen LogP contribution in [0.25, 0.3) is 0 Å². The Hall–Kier alpha value is -1.49. The summed E-state index contributed by atoms with van der Waals surface area (Å²) in [6, 6.07) is 0.294. The number of anilines is 1. The molecule has 1 aromatic heterocycles. The summed E-state index contributed by atoms with van der Waals surface area (Å²) in [7, 11) is 2.14. The number of fused-ring (bicyclic) bond motifs is 1. The molecule has 2 aliphatic rings. The fourth-order valence-corrected chi connectivity index (χ4v) is 3.61. The number of rotatable bonds is 4. The molecule has 1 fully saturated rings. The standard InChI is InChI=1S/C18H28N4O/c1-12(2)9-11-22-16(23)8-7-14-13(3)19-17(20-18(14)22)15-6-5-10-21(15)4/h12,15H,5-11H2,1-4H3/t15-/m0/s1. The first-order valence-electron chi connectivity index (χ1n) is 8.85. The minimum absolute atomic E-state index is 0.210. The summed E-state index contributed by atoms with van der Waals surface area (Å²) >= 11 is 0. The third kappa shape index (κ3) is 3.25. The van der Waals surface area contributed by atoms with Gasteiger partial charge in [-0.2, -0.15) is 0 Å². The summed E-state index contributed by atoms with van der Waals surface area (Å²) in [4.78, 5) is 26.3. The quantitative estimate of drug-likeness (QED) is 0.857. The van der Waals surface area contributed by atoms with Gasteiger partial charge in [-0.15, -0.1) is 0 Å². The van der Waals surface area contributed by atoms with Gasteiger partial charge in [-0.1, -0.05) is 13.8 Å². The topological polar surface area (TPSA) is 49.3 Å². The van der Waals surface area contributed by atoms with Gasteiger partial charge in [0.05, 0.1) is 6.04 Å². The van der Waals surface area contributed by atoms with E-state index in [1.54, 1.807) is 0 Å². The van der Waals surface area contributed by atoms with Gasteiger partial charge in [-0.05, 0) is 52.1 Å². The van der Waals surface area contributed by atoms with Crippen molar-refractivity contribution >= 4 is 11.7 Å². The van der Waals surface area contributed by atoms with Crippen LogP contribution in [-0.4, -0.2) is 40.9 Å². The molecule has 2 aliphatic heterocycles. The Morgan fingerprint density at radius 2 is 2.04 bits per heavy atom. The number of carbonyl (C=O) groups is 1. The van der Waals surface area contributed by atoms with Gasteiger partial charge in [0.2, 0.25) is 5.91 Å². The Morgan fingerprint density at radius 3 is 2.70 bits per heavy atom. The van der Waals surface area contributed by atoms with E-state index in [2.05, 4.69) is 32.7 Å². The van der Waals surface area contributed by atoms with E-state index in [4.69, 9.17) is 9.97 Å². The molecule has 0 spiro atoms. The zero-order chi connectivity index (χ0) is 16.6. The Bertz CT molecular complexity index is 599. The van der Waals surface area contributed by atoms with Crippen LogP contribution in [0.3, 0.4) is 0 Å². The highest BCUT2D eigenvalue weighted by atomic mass is 16.2. The molecular weight excluding hydrogens is 288 g/mol. The van der Waals surface area contributed by atoms with Crippen LogP contribution in [0, 0.1) is 12.8 Å². The van der Waals surface area contributed by atoms with E-state index in [0.29, 0.717) is 18.4 Å². The third-order valence-corrected chi connectivity index (χ3v) is 5.10. The first kappa shape index (κ1) is 16.4. The number of amides is 1. The number of carbonyl (C=O) groups excluding carboxylic acids is 1. The molecule has 0 bridgehead atoms. The van der Waals surface area contributed by atoms with Crippen molar-refractivity contribution < 1.29 is 4.79 Å². The van der Waals surface area contributed by atoms with E-state index >= 15 is 0 Å². The number of hydrogen-bond donors (Lipinski definition) is 0. The molecule has 0 aromatic carbocycles. The lowest BCUT2D eigenvalue weighted by molar-refractivity contribution is -0.119. The third-order valence-electron chi connectivity index (χ3n) is 5.10. The molecule has 5 nitrogen and oxygen atoms in total. The number of hydrogen-bond acceptors (Lipinski definition) is 4. The largest absolute Gasteiger partial charge is 0.296 e. The van der Waals surface area contributed by atoms with Crippen molar-refractivity contribution in [2.24, 2.45) is 5.92 Å². The first-order chi connectivity index (χ1) is 11.0. The maximum atomic E-state index is 12.4. The Labute approximate surface area is 139 Å². The summed E-state index contributed by atoms with van der Waals surface area (Å²) in [5, 5.41) is 0. The average Bonchev–Trinajstić information content (AvgIpc) is 2.92. The van der Waals surface area contributed by atoms with Crippen molar-refractivity contribution in [1.29, 1.82) is 0 Å². The van der Waals surface area contributed by atoms with Gasteiger partial charge in [0.1, 0.15) is 11.6 Å². The lowest BCUT2D eigenvalue weighted by Crippen LogP contribution is -2.38. The molecule has 3 heterocycles. The van der Waals surface area contributed by atoms with Crippen LogP contribution in [0.1, 0.15) is 62.7 Å². The maximum Gasteiger partial charge on any atom is 0.228 e. The van der Waals surface area contributed by atoms with Crippen molar-refractivity contribution in [1.82, 2.24) is 14.9 Å². The van der Waals surface area contributed by atoms with Crippen molar-refractivity contribution in [3.8, 4) is 0 Å². The lowest BCUT2D eigenvalue weighted by atomic mass is 10.0. The Morgan fingerprint density at radius 1 is 1.26 bits per heavy atom. The Balaban J connectivity index is 1.96. The smallest absolute Gasteiger partial charge is 0.228 e. The average molecular weight is 316 g/mol. The minimum atomic E-state index is 0.210. The van der Waals surface area contributed by atoms with E-state index in [9.17, 15) is 4.79 Å². The van der Waals surface area contributed by atoms with Crippen LogP contribution >= 0.6 is 0 Å². The molecule has 23 heavy (non-hydrogen) atoms. The van der Waals surface area contributed by atoms with Crippen molar-refractivity contribution in [3.05, 3.63) is 17.1 Å². The summed E-state index contributed by atoms with van der Waals surface area (Å²) in [5.74, 6) is 2.56. The second-order valence-electron chi connectivity index (χ2n) is 7.34. The number of aryl methyl sites for hydroxylation is 1. The molecular formula is C18H28N4O. The van der Waals surface area contributed by atoms with E-state index < -0.39 is 0 Å². The zero-order valence-electron chi connectivity index (χ0n) is 14.8. The normalized spacial score (nSPS) is 22.0. The van der Waals surface area contributed by atoms with Crippen LogP contribution in [-0.2, 0) is 11.2 Å². The van der Waals surface area contributed by atoms with E-state index in [1.807, 2.05) is 4.90 Å². The summed E-state index contributed by atoms with van der Waals surface area (Å²) in [5.41, 5.74) is 2.21. The minimum Gasteiger partial charge on any atom is -0.296 e. The van der Waals surface area contributed by atoms with Crippen LogP contribution in [0.2, 0.25) is 0 Å². The van der Waals surface area contributed by atoms with E-state index in [0.717, 1.165) is 55.3 Å². The second-order valence-corrected chi connectivity index (χ2v) is 7.34. The molecule has 1 saturated heterocycles. The first-order valence-corrected chi connectivity index (χ1v) is 8.85. The van der Waals surface area contributed by atoms with Crippen molar-refractivity contribution in [3.63, 3.8) is 0 Å². The van der Waals surface area contributed by atoms with Gasteiger partial charge in [-0.3, -0.25) is 14.6 Å². The van der Waals surface area contributed by atoms with Gasteiger partial charge >= 0.3 is 0 Å². The summed E-state index contributed by atoms with van der Waals surface area (Å²) in [6.07, 6.45) is 4.66. The van der Waals surface area contributed by atoms with Gasteiger partial charge in [0.15, 0.2) is 0 Å². The molecule has 0 unspecified atom stereocenters. The van der Waals surface area contributed by atoms with Gasteiger partial charge in [-0.25, -0.2) is 9.97 Å². The monoisotopic (exact) mass is 316 g/mol. The molecule has 5 heteroatoms. The van der Waals surface area contributed by atoms with Crippen LogP contribution < -0.4 is 4.90 Å². The fourth-order valence-electron chi connectivity index (χ4n) is 3.61. The van der Waals surface area contributed by atoms with Crippen molar-refractivity contribution in [2.45, 2.75) is 58.9 Å². The van der Waals surface area contributed by atoms with Gasteiger partial charge in [0, 0.05) is 24.2 Å². The molecule has 1 atom stereocenters. The molecule has 0 N–H and O–H groups in total. The predicted molar refractivity (Wildman–Crippen MR) is 91.5 cm³/mol. The molecule has 1 aromatic rings. The molecule has 0 aliphatic carbocycles. The maximum absolute atomic E-state index is 12.4. The van der Waals surface area contributed by atoms with E-state index in [1.165, 1.54) is 6.42 Å². The highest BCUT2D eigenvalue weighted by molar-refractivity contribution is 5.95. The highest BCUT2D eigenvalue weighted by Gasteiger charge is 2.31. The van der Waals surface area contributed by atoms with Crippen LogP contribution in [0.4, 0.5) is 5.82 Å². The Kier molecular flexibility index (Phi) is 4.67. The molecule has 0 radical (unpaired) electrons. The molecule has 0 saturated carbocycles. The SMILES string of the molecule is Cc1nc([C@@H]2CCCN2C)nc2c1CCC(=O)N2CCC(C)C. The predicted octanol–water partition coefficient (Wildman–Crippen LogP) is 2.88. The van der Waals surface area contributed by atoms with Crippen LogP contribution in [0.5, 0.6) is 0 Å². The van der Waals surface area contributed by atoms with Gasteiger partial charge < -0.3 is 0 Å². The van der Waals surface area contributed by atoms with E-state index in [-0.39, 0.29) is 5.91 Å². The molecule has 126 valence electrons. The van der Waals surface area contributed by atoms with Crippen LogP contribution in [0.15, 0.2) is 0 Å². The van der Waals surface area contributed by atoms with Gasteiger partial charge in [0.25, 0.3) is 0 Å². The lowest BCUT2D eigenvalue weighted by Gasteiger charge is -2.31. The highest BCUT2D eigenvalue weighted by Crippen LogP contribution is 2.33. The second kappa shape index (κ2) is 6.56. The summed E-state index contributed by atoms with van der Waals surface area (Å²) < 4.78 is 0.